The summed E-state index contributed by atoms with van der Waals surface area (Å²) < 4.78 is 5.42. The Hall–Kier alpha value is -2.71. The number of benzene rings is 1. The number of carbonyl (C=O) groups is 1. The molecular formula is C24H32N6O2. The number of nitrogens with one attached hydrogen (secondary N) is 2. The van der Waals surface area contributed by atoms with E-state index in [1.807, 2.05) is 18.9 Å². The van der Waals surface area contributed by atoms with Gasteiger partial charge >= 0.3 is 6.03 Å². The number of ether oxygens (including phenoxy) is 1. The van der Waals surface area contributed by atoms with Crippen LogP contribution in [0.5, 0.6) is 0 Å². The Balaban J connectivity index is 1.31. The van der Waals surface area contributed by atoms with Crippen molar-refractivity contribution in [3.63, 3.8) is 0 Å². The highest BCUT2D eigenvalue weighted by Gasteiger charge is 2.49. The number of morpholine rings is 1. The predicted molar refractivity (Wildman–Crippen MR) is 124 cm³/mol. The maximum Gasteiger partial charge on any atom is 0.322 e. The highest BCUT2D eigenvalue weighted by atomic mass is 16.5. The summed E-state index contributed by atoms with van der Waals surface area (Å²) in [5.74, 6) is 0.711. The van der Waals surface area contributed by atoms with Gasteiger partial charge in [-0.05, 0) is 45.2 Å². The minimum atomic E-state index is -0.207. The molecule has 0 radical (unpaired) electrons. The van der Waals surface area contributed by atoms with Crippen LogP contribution < -0.4 is 20.4 Å². The molecule has 2 N–H and O–H groups in total. The maximum atomic E-state index is 13.0. The molecule has 32 heavy (non-hydrogen) atoms. The standard InChI is InChI=1S/C24H32N6O2/c1-18-20(16-26-21(27-18)29-12-14-32-15-13-29)30-17-23(28-22(30)31)8-10-24(25-2,11-9-23)19-6-4-3-5-7-19/h3-7,16,25H,8-15,17H2,1-2H3,(H,28,31)/t23-,24-. The van der Waals surface area contributed by atoms with Gasteiger partial charge in [0.1, 0.15) is 0 Å². The topological polar surface area (TPSA) is 82.6 Å². The molecule has 3 aliphatic rings. The number of amides is 2. The number of hydrogen-bond acceptors (Lipinski definition) is 6. The lowest BCUT2D eigenvalue weighted by Gasteiger charge is -2.45. The molecule has 8 nitrogen and oxygen atoms in total. The summed E-state index contributed by atoms with van der Waals surface area (Å²) in [5.41, 5.74) is 2.70. The zero-order valence-corrected chi connectivity index (χ0v) is 18.9. The molecule has 1 aromatic carbocycles. The SMILES string of the molecule is CN[C@]1(c2ccccc2)CC[C@@]2(CC1)CN(c1cnc(N3CCOCC3)nc1C)C(=O)N2. The van der Waals surface area contributed by atoms with Gasteiger partial charge in [-0.2, -0.15) is 0 Å². The summed E-state index contributed by atoms with van der Waals surface area (Å²) in [7, 11) is 2.04. The Labute approximate surface area is 189 Å². The lowest BCUT2D eigenvalue weighted by Crippen LogP contribution is -2.53. The summed E-state index contributed by atoms with van der Waals surface area (Å²) in [6, 6.07) is 10.6. The first-order valence-corrected chi connectivity index (χ1v) is 11.5. The number of urea groups is 1. The van der Waals surface area contributed by atoms with Crippen LogP contribution in [0.3, 0.4) is 0 Å². The maximum absolute atomic E-state index is 13.0. The highest BCUT2D eigenvalue weighted by Crippen LogP contribution is 2.43. The van der Waals surface area contributed by atoms with Crippen molar-refractivity contribution in [2.75, 3.05) is 49.7 Å². The molecule has 2 amide bonds. The molecule has 0 bridgehead atoms. The second-order valence-corrected chi connectivity index (χ2v) is 9.23. The first-order chi connectivity index (χ1) is 15.5. The summed E-state index contributed by atoms with van der Waals surface area (Å²) in [6.07, 6.45) is 5.62. The fraction of sp³-hybridized carbons (Fsp3) is 0.542. The first kappa shape index (κ1) is 21.2. The van der Waals surface area contributed by atoms with E-state index >= 15 is 0 Å². The third kappa shape index (κ3) is 3.71. The van der Waals surface area contributed by atoms with Crippen molar-refractivity contribution in [2.45, 2.75) is 43.7 Å². The smallest absolute Gasteiger partial charge is 0.322 e. The van der Waals surface area contributed by atoms with E-state index < -0.39 is 0 Å². The molecule has 2 aliphatic heterocycles. The summed E-state index contributed by atoms with van der Waals surface area (Å²) in [5, 5.41) is 6.89. The van der Waals surface area contributed by atoms with Gasteiger partial charge in [-0.15, -0.1) is 0 Å². The molecule has 1 aliphatic carbocycles. The molecule has 8 heteroatoms. The fourth-order valence-corrected chi connectivity index (χ4v) is 5.41. The number of carbonyl (C=O) groups excluding carboxylic acids is 1. The van der Waals surface area contributed by atoms with Gasteiger partial charge < -0.3 is 20.3 Å². The molecule has 1 saturated carbocycles. The van der Waals surface area contributed by atoms with Crippen molar-refractivity contribution in [1.82, 2.24) is 20.6 Å². The first-order valence-electron chi connectivity index (χ1n) is 11.5. The molecule has 2 aromatic rings. The van der Waals surface area contributed by atoms with E-state index in [2.05, 4.69) is 50.8 Å². The second kappa shape index (κ2) is 8.33. The lowest BCUT2D eigenvalue weighted by atomic mass is 9.69. The molecule has 5 rings (SSSR count). The molecule has 170 valence electrons. The third-order valence-corrected chi connectivity index (χ3v) is 7.47. The number of aromatic nitrogens is 2. The molecular weight excluding hydrogens is 404 g/mol. The van der Waals surface area contributed by atoms with Crippen LogP contribution in [-0.4, -0.2) is 61.4 Å². The minimum Gasteiger partial charge on any atom is -0.378 e. The zero-order valence-electron chi connectivity index (χ0n) is 18.9. The molecule has 1 aromatic heterocycles. The molecule has 0 atom stereocenters. The fourth-order valence-electron chi connectivity index (χ4n) is 5.41. The van der Waals surface area contributed by atoms with Crippen LogP contribution in [0.4, 0.5) is 16.4 Å². The van der Waals surface area contributed by atoms with Crippen molar-refractivity contribution in [3.05, 3.63) is 47.8 Å². The van der Waals surface area contributed by atoms with Crippen LogP contribution in [0.25, 0.3) is 0 Å². The number of aryl methyl sites for hydroxylation is 1. The van der Waals surface area contributed by atoms with Gasteiger partial charge in [0, 0.05) is 18.6 Å². The van der Waals surface area contributed by atoms with Crippen LogP contribution in [0.15, 0.2) is 36.5 Å². The van der Waals surface area contributed by atoms with Gasteiger partial charge in [0.2, 0.25) is 5.95 Å². The van der Waals surface area contributed by atoms with Crippen LogP contribution in [0.2, 0.25) is 0 Å². The Morgan fingerprint density at radius 1 is 1.09 bits per heavy atom. The van der Waals surface area contributed by atoms with Crippen LogP contribution in [-0.2, 0) is 10.3 Å². The normalized spacial score (nSPS) is 28.2. The van der Waals surface area contributed by atoms with Gasteiger partial charge in [-0.1, -0.05) is 30.3 Å². The van der Waals surface area contributed by atoms with Gasteiger partial charge in [0.25, 0.3) is 0 Å². The zero-order chi connectivity index (χ0) is 22.2. The van der Waals surface area contributed by atoms with Gasteiger partial charge in [0.15, 0.2) is 0 Å². The van der Waals surface area contributed by atoms with Crippen molar-refractivity contribution in [2.24, 2.45) is 0 Å². The molecule has 3 fully saturated rings. The van der Waals surface area contributed by atoms with Crippen LogP contribution in [0, 0.1) is 6.92 Å². The molecule has 2 saturated heterocycles. The van der Waals surface area contributed by atoms with Crippen LogP contribution >= 0.6 is 0 Å². The number of hydrogen-bond donors (Lipinski definition) is 2. The highest BCUT2D eigenvalue weighted by molar-refractivity contribution is 5.95. The summed E-state index contributed by atoms with van der Waals surface area (Å²) >= 11 is 0. The average molecular weight is 437 g/mol. The number of nitrogens with zero attached hydrogens (tertiary/aromatic N) is 4. The van der Waals surface area contributed by atoms with Crippen molar-refractivity contribution >= 4 is 17.7 Å². The lowest BCUT2D eigenvalue weighted by molar-refractivity contribution is 0.122. The third-order valence-electron chi connectivity index (χ3n) is 7.47. The van der Waals surface area contributed by atoms with E-state index in [-0.39, 0.29) is 17.1 Å². The van der Waals surface area contributed by atoms with Gasteiger partial charge in [-0.25, -0.2) is 14.8 Å². The Kier molecular flexibility index (Phi) is 5.51. The summed E-state index contributed by atoms with van der Waals surface area (Å²) in [4.78, 5) is 26.3. The van der Waals surface area contributed by atoms with E-state index in [1.165, 1.54) is 5.56 Å². The quantitative estimate of drug-likeness (QED) is 0.767. The van der Waals surface area contributed by atoms with Crippen LogP contribution in [0.1, 0.15) is 36.9 Å². The van der Waals surface area contributed by atoms with Gasteiger partial charge in [0.05, 0.1) is 42.9 Å². The molecule has 3 heterocycles. The van der Waals surface area contributed by atoms with Crippen molar-refractivity contribution < 1.29 is 9.53 Å². The monoisotopic (exact) mass is 436 g/mol. The number of anilines is 2. The largest absolute Gasteiger partial charge is 0.378 e. The Morgan fingerprint density at radius 3 is 2.47 bits per heavy atom. The summed E-state index contributed by atoms with van der Waals surface area (Å²) in [6.45, 7) is 5.58. The predicted octanol–water partition coefficient (Wildman–Crippen LogP) is 2.58. The molecule has 0 unspecified atom stereocenters. The van der Waals surface area contributed by atoms with Gasteiger partial charge in [-0.3, -0.25) is 4.90 Å². The average Bonchev–Trinajstić information content (AvgIpc) is 3.16. The Bertz CT molecular complexity index is 968. The van der Waals surface area contributed by atoms with E-state index in [9.17, 15) is 4.79 Å². The second-order valence-electron chi connectivity index (χ2n) is 9.23. The van der Waals surface area contributed by atoms with E-state index in [4.69, 9.17) is 9.72 Å². The molecule has 1 spiro atoms. The van der Waals surface area contributed by atoms with E-state index in [0.29, 0.717) is 25.7 Å². The van der Waals surface area contributed by atoms with Crippen molar-refractivity contribution in [3.8, 4) is 0 Å². The van der Waals surface area contributed by atoms with Crippen molar-refractivity contribution in [1.29, 1.82) is 0 Å². The minimum absolute atomic E-state index is 0.0382. The van der Waals surface area contributed by atoms with E-state index in [0.717, 1.165) is 50.2 Å². The Morgan fingerprint density at radius 2 is 1.81 bits per heavy atom. The number of rotatable bonds is 4. The van der Waals surface area contributed by atoms with E-state index in [1.54, 1.807) is 6.20 Å².